The first kappa shape index (κ1) is 54.6. The molecule has 0 aromatic heterocycles. The van der Waals surface area contributed by atoms with E-state index < -0.39 is 0 Å². The third-order valence-electron chi connectivity index (χ3n) is 13.8. The summed E-state index contributed by atoms with van der Waals surface area (Å²) in [6.45, 7) is 9.30. The molecule has 2 rings (SSSR count). The first-order chi connectivity index (χ1) is 29.8. The van der Waals surface area contributed by atoms with Crippen molar-refractivity contribution in [3.8, 4) is 11.1 Å². The van der Waals surface area contributed by atoms with Gasteiger partial charge < -0.3 is 0 Å². The Morgan fingerprint density at radius 2 is 0.450 bits per heavy atom. The first-order valence-electron chi connectivity index (χ1n) is 27.8. The molecule has 2 aromatic carbocycles. The van der Waals surface area contributed by atoms with Crippen LogP contribution < -0.4 is 0 Å². The van der Waals surface area contributed by atoms with Crippen molar-refractivity contribution >= 4 is 0 Å². The molecule has 0 atom stereocenters. The molecule has 0 amide bonds. The third-order valence-corrected chi connectivity index (χ3v) is 13.8. The van der Waals surface area contributed by atoms with E-state index in [1.165, 1.54) is 294 Å². The van der Waals surface area contributed by atoms with E-state index in [2.05, 4.69) is 64.1 Å². The molecule has 0 aliphatic rings. The number of aryl methyl sites for hydroxylation is 2. The Bertz CT molecular complexity index is 1100. The highest BCUT2D eigenvalue weighted by Gasteiger charge is 2.16. The van der Waals surface area contributed by atoms with E-state index in [9.17, 15) is 0 Å². The van der Waals surface area contributed by atoms with E-state index in [-0.39, 0.29) is 0 Å². The van der Waals surface area contributed by atoms with Crippen LogP contribution in [-0.4, -0.2) is 0 Å². The molecule has 344 valence electrons. The van der Waals surface area contributed by atoms with Crippen LogP contribution in [0.5, 0.6) is 0 Å². The van der Waals surface area contributed by atoms with Crippen molar-refractivity contribution < 1.29 is 0 Å². The fourth-order valence-electron chi connectivity index (χ4n) is 9.83. The van der Waals surface area contributed by atoms with E-state index in [1.54, 1.807) is 22.3 Å². The normalized spacial score (nSPS) is 11.6. The summed E-state index contributed by atoms with van der Waals surface area (Å²) in [7, 11) is 0. The quantitative estimate of drug-likeness (QED) is 0.0584. The molecule has 0 saturated carbocycles. The van der Waals surface area contributed by atoms with Gasteiger partial charge in [0.25, 0.3) is 0 Å². The van der Waals surface area contributed by atoms with E-state index in [4.69, 9.17) is 0 Å². The molecule has 0 heteroatoms. The van der Waals surface area contributed by atoms with Crippen LogP contribution in [0, 0.1) is 12.1 Å². The molecule has 0 spiro atoms. The van der Waals surface area contributed by atoms with Crippen LogP contribution in [0.15, 0.2) is 24.3 Å². The minimum absolute atomic E-state index is 1.20. The second-order valence-electron chi connectivity index (χ2n) is 19.4. The predicted octanol–water partition coefficient (Wildman–Crippen LogP) is 20.8. The lowest BCUT2D eigenvalue weighted by Crippen LogP contribution is -2.04. The largest absolute Gasteiger partial charge is 0.0654 e. The van der Waals surface area contributed by atoms with Crippen LogP contribution in [-0.2, 0) is 25.7 Å². The molecule has 0 aliphatic heterocycles. The number of unbranched alkanes of at least 4 members (excludes halogenated alkanes) is 36. The molecule has 0 heterocycles. The average molecular weight is 825 g/mol. The van der Waals surface area contributed by atoms with Crippen molar-refractivity contribution in [3.63, 3.8) is 0 Å². The van der Waals surface area contributed by atoms with Gasteiger partial charge in [0.15, 0.2) is 0 Å². The highest BCUT2D eigenvalue weighted by Crippen LogP contribution is 2.35. The minimum Gasteiger partial charge on any atom is -0.0654 e. The van der Waals surface area contributed by atoms with Crippen molar-refractivity contribution in [1.82, 2.24) is 0 Å². The van der Waals surface area contributed by atoms with Gasteiger partial charge in [-0.3, -0.25) is 0 Å². The van der Waals surface area contributed by atoms with Gasteiger partial charge in [0.2, 0.25) is 0 Å². The summed E-state index contributed by atoms with van der Waals surface area (Å²) in [6.07, 6.45) is 61.0. The van der Waals surface area contributed by atoms with Crippen LogP contribution in [0.4, 0.5) is 0 Å². The Labute approximate surface area is 378 Å². The molecule has 0 fully saturated rings. The molecule has 0 bridgehead atoms. The van der Waals surface area contributed by atoms with Crippen molar-refractivity contribution in [3.05, 3.63) is 58.7 Å². The van der Waals surface area contributed by atoms with Crippen molar-refractivity contribution in [2.24, 2.45) is 0 Å². The Balaban J connectivity index is 2.16. The maximum Gasteiger partial charge on any atom is -0.0146 e. The SMILES string of the molecule is CCCCCCCCCCCCc1[c]ccc(-c2cc[c]c(CCCCCCCCCCCC)c2CCCCCCCCCCCC)c1CCCCCCCCCCCC. The van der Waals surface area contributed by atoms with Gasteiger partial charge in [0, 0.05) is 0 Å². The summed E-state index contributed by atoms with van der Waals surface area (Å²) in [5, 5.41) is 0. The van der Waals surface area contributed by atoms with Crippen LogP contribution >= 0.6 is 0 Å². The maximum atomic E-state index is 3.85. The third kappa shape index (κ3) is 28.2. The van der Waals surface area contributed by atoms with Gasteiger partial charge >= 0.3 is 0 Å². The lowest BCUT2D eigenvalue weighted by atomic mass is 9.84. The van der Waals surface area contributed by atoms with Gasteiger partial charge in [0.1, 0.15) is 0 Å². The summed E-state index contributed by atoms with van der Waals surface area (Å²) < 4.78 is 0. The van der Waals surface area contributed by atoms with E-state index in [0.717, 1.165) is 0 Å². The monoisotopic (exact) mass is 825 g/mol. The Kier molecular flexibility index (Phi) is 37.7. The van der Waals surface area contributed by atoms with E-state index in [1.807, 2.05) is 0 Å². The summed E-state index contributed by atoms with van der Waals surface area (Å²) >= 11 is 0. The fraction of sp³-hybridized carbons (Fsp3) is 0.800. The lowest BCUT2D eigenvalue weighted by Gasteiger charge is -2.20. The average Bonchev–Trinajstić information content (AvgIpc) is 3.26. The maximum absolute atomic E-state index is 3.85. The van der Waals surface area contributed by atoms with Gasteiger partial charge in [0.05, 0.1) is 0 Å². The van der Waals surface area contributed by atoms with Crippen LogP contribution in [0.25, 0.3) is 11.1 Å². The Morgan fingerprint density at radius 3 is 0.683 bits per heavy atom. The van der Waals surface area contributed by atoms with Gasteiger partial charge in [-0.2, -0.15) is 0 Å². The zero-order valence-electron chi connectivity index (χ0n) is 41.4. The number of hydrogen-bond acceptors (Lipinski definition) is 0. The molecule has 0 saturated heterocycles. The topological polar surface area (TPSA) is 0 Å². The molecule has 0 nitrogen and oxygen atoms in total. The van der Waals surface area contributed by atoms with Crippen molar-refractivity contribution in [2.75, 3.05) is 0 Å². The highest BCUT2D eigenvalue weighted by molar-refractivity contribution is 5.73. The van der Waals surface area contributed by atoms with Crippen molar-refractivity contribution in [2.45, 2.75) is 310 Å². The standard InChI is InChI=1S/C60H104/c1-5-9-13-17-21-25-29-33-37-41-47-55-49-45-53-59(57(55)51-43-39-35-31-27-23-19-15-11-7-3)60-54-46-50-56(48-42-38-34-30-26-22-18-14-10-6-2)58(60)52-44-40-36-32-28-24-20-16-12-8-4/h45-46,53-54H,5-44,47-48,51-52H2,1-4H3. The highest BCUT2D eigenvalue weighted by atomic mass is 14.2. The van der Waals surface area contributed by atoms with Gasteiger partial charge in [-0.15, -0.1) is 0 Å². The van der Waals surface area contributed by atoms with Crippen LogP contribution in [0.1, 0.15) is 307 Å². The molecule has 0 unspecified atom stereocenters. The number of hydrogen-bond donors (Lipinski definition) is 0. The fourth-order valence-corrected chi connectivity index (χ4v) is 9.83. The molecule has 60 heavy (non-hydrogen) atoms. The second kappa shape index (κ2) is 41.5. The summed E-state index contributed by atoms with van der Waals surface area (Å²) in [6, 6.07) is 17.2. The molecule has 2 radical (unpaired) electrons. The molecular weight excluding hydrogens is 721 g/mol. The Morgan fingerprint density at radius 1 is 0.250 bits per heavy atom. The molecule has 2 aromatic rings. The van der Waals surface area contributed by atoms with Crippen molar-refractivity contribution in [1.29, 1.82) is 0 Å². The first-order valence-corrected chi connectivity index (χ1v) is 27.8. The minimum atomic E-state index is 1.20. The lowest BCUT2D eigenvalue weighted by molar-refractivity contribution is 0.553. The summed E-state index contributed by atoms with van der Waals surface area (Å²) in [5.74, 6) is 0. The summed E-state index contributed by atoms with van der Waals surface area (Å²) in [5.41, 5.74) is 9.47. The molecular formula is C60H104. The number of benzene rings is 2. The zero-order chi connectivity index (χ0) is 42.8. The van der Waals surface area contributed by atoms with Gasteiger partial charge in [-0.05, 0) is 96.9 Å². The molecule has 0 aliphatic carbocycles. The van der Waals surface area contributed by atoms with Gasteiger partial charge in [-0.1, -0.05) is 283 Å². The number of rotatable bonds is 45. The van der Waals surface area contributed by atoms with Crippen LogP contribution in [0.2, 0.25) is 0 Å². The Hall–Kier alpha value is -1.56. The molecule has 0 N–H and O–H groups in total. The summed E-state index contributed by atoms with van der Waals surface area (Å²) in [4.78, 5) is 0. The van der Waals surface area contributed by atoms with Gasteiger partial charge in [-0.25, -0.2) is 0 Å². The second-order valence-corrected chi connectivity index (χ2v) is 19.4. The van der Waals surface area contributed by atoms with E-state index in [0.29, 0.717) is 0 Å². The van der Waals surface area contributed by atoms with E-state index >= 15 is 0 Å². The van der Waals surface area contributed by atoms with Crippen LogP contribution in [0.3, 0.4) is 0 Å². The zero-order valence-corrected chi connectivity index (χ0v) is 41.4. The predicted molar refractivity (Wildman–Crippen MR) is 272 cm³/mol. The smallest absolute Gasteiger partial charge is 0.0146 e.